The van der Waals surface area contributed by atoms with Crippen molar-refractivity contribution in [3.63, 3.8) is 0 Å². The second kappa shape index (κ2) is 5.29. The molecule has 1 saturated heterocycles. The Morgan fingerprint density at radius 2 is 1.81 bits per heavy atom. The third kappa shape index (κ3) is 2.22. The van der Waals surface area contributed by atoms with Crippen LogP contribution in [0, 0.1) is 11.3 Å². The molecule has 0 radical (unpaired) electrons. The summed E-state index contributed by atoms with van der Waals surface area (Å²) in [4.78, 5) is 46.9. The maximum atomic E-state index is 11.9. The largest absolute Gasteiger partial charge is 0.392 e. The first-order valence-electron chi connectivity index (χ1n) is 7.88. The number of carbonyl (C=O) groups is 4. The van der Waals surface area contributed by atoms with Crippen molar-refractivity contribution in [3.05, 3.63) is 53.3 Å². The van der Waals surface area contributed by atoms with Gasteiger partial charge in [0.25, 0.3) is 0 Å². The van der Waals surface area contributed by atoms with E-state index in [1.54, 1.807) is 49.3 Å². The summed E-state index contributed by atoms with van der Waals surface area (Å²) >= 11 is 0. The van der Waals surface area contributed by atoms with Crippen LogP contribution < -0.4 is 10.4 Å². The zero-order valence-electron chi connectivity index (χ0n) is 13.9. The Hall–Kier alpha value is -3.42. The van der Waals surface area contributed by atoms with Crippen LogP contribution in [0.15, 0.2) is 42.1 Å². The standard InChI is InChI=1S/C18H14N2O6/c1-18-6-5-9(7-13(18)16(23)26-17(18)24)19-20(2)10-3-4-11-12(8-10)15(22)25-14(11)21/h3-8,13,19H,1-2H3. The van der Waals surface area contributed by atoms with Crippen LogP contribution in [0.25, 0.3) is 0 Å². The molecule has 2 unspecified atom stereocenters. The predicted molar refractivity (Wildman–Crippen MR) is 87.6 cm³/mol. The summed E-state index contributed by atoms with van der Waals surface area (Å²) < 4.78 is 9.30. The number of benzene rings is 1. The van der Waals surface area contributed by atoms with Crippen molar-refractivity contribution in [1.29, 1.82) is 0 Å². The number of nitrogens with zero attached hydrogens (tertiary/aromatic N) is 1. The smallest absolute Gasteiger partial charge is 0.346 e. The van der Waals surface area contributed by atoms with E-state index in [2.05, 4.69) is 10.2 Å². The molecule has 1 aromatic carbocycles. The molecule has 3 aliphatic rings. The van der Waals surface area contributed by atoms with E-state index in [0.717, 1.165) is 0 Å². The molecular formula is C18H14N2O6. The molecule has 2 atom stereocenters. The summed E-state index contributed by atoms with van der Waals surface area (Å²) in [6.45, 7) is 1.65. The van der Waals surface area contributed by atoms with Gasteiger partial charge in [-0.25, -0.2) is 9.59 Å². The maximum absolute atomic E-state index is 11.9. The molecule has 2 heterocycles. The Morgan fingerprint density at radius 1 is 1.08 bits per heavy atom. The van der Waals surface area contributed by atoms with E-state index in [4.69, 9.17) is 4.74 Å². The molecule has 1 aliphatic carbocycles. The average molecular weight is 354 g/mol. The number of rotatable bonds is 3. The number of nitrogens with one attached hydrogen (secondary N) is 1. The van der Waals surface area contributed by atoms with Gasteiger partial charge in [0.2, 0.25) is 0 Å². The topological polar surface area (TPSA) is 102 Å². The Labute approximate surface area is 148 Å². The zero-order valence-corrected chi connectivity index (χ0v) is 13.9. The minimum atomic E-state index is -0.988. The first kappa shape index (κ1) is 16.1. The molecule has 0 aromatic heterocycles. The van der Waals surface area contributed by atoms with Gasteiger partial charge in [0.05, 0.1) is 28.4 Å². The summed E-state index contributed by atoms with van der Waals surface area (Å²) in [5.41, 5.74) is 3.72. The highest BCUT2D eigenvalue weighted by atomic mass is 16.6. The molecule has 0 amide bonds. The fourth-order valence-electron chi connectivity index (χ4n) is 3.16. The van der Waals surface area contributed by atoms with Crippen LogP contribution in [0.3, 0.4) is 0 Å². The molecule has 132 valence electrons. The SMILES string of the molecule is CN(NC1=CC2C(=O)OC(=O)C2(C)C=C1)c1ccc2c(c1)C(=O)OC2=O. The molecule has 4 rings (SSSR count). The van der Waals surface area contributed by atoms with Gasteiger partial charge in [0.15, 0.2) is 0 Å². The van der Waals surface area contributed by atoms with E-state index in [0.29, 0.717) is 11.4 Å². The van der Waals surface area contributed by atoms with Gasteiger partial charge >= 0.3 is 23.9 Å². The van der Waals surface area contributed by atoms with Gasteiger partial charge in [-0.05, 0) is 37.3 Å². The van der Waals surface area contributed by atoms with Crippen molar-refractivity contribution >= 4 is 29.6 Å². The third-order valence-electron chi connectivity index (χ3n) is 4.80. The monoisotopic (exact) mass is 354 g/mol. The molecule has 1 N–H and O–H groups in total. The normalized spacial score (nSPS) is 26.1. The second-order valence-corrected chi connectivity index (χ2v) is 6.50. The fourth-order valence-corrected chi connectivity index (χ4v) is 3.16. The van der Waals surface area contributed by atoms with E-state index < -0.39 is 35.2 Å². The third-order valence-corrected chi connectivity index (χ3v) is 4.80. The van der Waals surface area contributed by atoms with Crippen molar-refractivity contribution in [2.24, 2.45) is 11.3 Å². The molecule has 2 aliphatic heterocycles. The second-order valence-electron chi connectivity index (χ2n) is 6.50. The summed E-state index contributed by atoms with van der Waals surface area (Å²) in [6.07, 6.45) is 4.96. The lowest BCUT2D eigenvalue weighted by Crippen LogP contribution is -2.37. The van der Waals surface area contributed by atoms with Crippen LogP contribution in [0.1, 0.15) is 27.6 Å². The van der Waals surface area contributed by atoms with Gasteiger partial charge in [-0.2, -0.15) is 0 Å². The fraction of sp³-hybridized carbons (Fsp3) is 0.222. The summed E-state index contributed by atoms with van der Waals surface area (Å²) in [5, 5.41) is 1.62. The molecule has 8 heteroatoms. The summed E-state index contributed by atoms with van der Waals surface area (Å²) in [6, 6.07) is 4.72. The van der Waals surface area contributed by atoms with Gasteiger partial charge < -0.3 is 9.47 Å². The Bertz CT molecular complexity index is 947. The highest BCUT2D eigenvalue weighted by Gasteiger charge is 2.53. The minimum Gasteiger partial charge on any atom is -0.392 e. The maximum Gasteiger partial charge on any atom is 0.346 e. The van der Waals surface area contributed by atoms with E-state index in [-0.39, 0.29) is 11.1 Å². The van der Waals surface area contributed by atoms with Crippen LogP contribution in [0.5, 0.6) is 0 Å². The first-order chi connectivity index (χ1) is 12.3. The number of hydrogen-bond donors (Lipinski definition) is 1. The van der Waals surface area contributed by atoms with Crippen LogP contribution in [0.4, 0.5) is 5.69 Å². The van der Waals surface area contributed by atoms with Crippen LogP contribution in [0.2, 0.25) is 0 Å². The lowest BCUT2D eigenvalue weighted by molar-refractivity contribution is -0.154. The number of hydrazine groups is 1. The van der Waals surface area contributed by atoms with Crippen molar-refractivity contribution in [2.45, 2.75) is 6.92 Å². The van der Waals surface area contributed by atoms with Crippen LogP contribution in [-0.4, -0.2) is 30.9 Å². The highest BCUT2D eigenvalue weighted by Crippen LogP contribution is 2.41. The Morgan fingerprint density at radius 3 is 2.58 bits per heavy atom. The number of cyclic esters (lactones) is 4. The first-order valence-corrected chi connectivity index (χ1v) is 7.88. The lowest BCUT2D eigenvalue weighted by atomic mass is 9.76. The van der Waals surface area contributed by atoms with E-state index >= 15 is 0 Å². The molecule has 0 saturated carbocycles. The molecule has 8 nitrogen and oxygen atoms in total. The van der Waals surface area contributed by atoms with E-state index in [9.17, 15) is 19.2 Å². The molecule has 1 fully saturated rings. The molecular weight excluding hydrogens is 340 g/mol. The molecule has 0 spiro atoms. The number of hydrogen-bond acceptors (Lipinski definition) is 8. The number of carbonyl (C=O) groups excluding carboxylic acids is 4. The zero-order chi connectivity index (χ0) is 18.6. The average Bonchev–Trinajstić information content (AvgIpc) is 3.01. The number of anilines is 1. The predicted octanol–water partition coefficient (Wildman–Crippen LogP) is 1.10. The molecule has 1 aromatic rings. The lowest BCUT2D eigenvalue weighted by Gasteiger charge is -2.28. The minimum absolute atomic E-state index is 0.201. The molecule has 26 heavy (non-hydrogen) atoms. The van der Waals surface area contributed by atoms with Gasteiger partial charge in [-0.1, -0.05) is 6.08 Å². The van der Waals surface area contributed by atoms with Crippen LogP contribution >= 0.6 is 0 Å². The van der Waals surface area contributed by atoms with Crippen molar-refractivity contribution < 1.29 is 28.7 Å². The number of esters is 4. The summed E-state index contributed by atoms with van der Waals surface area (Å²) in [7, 11) is 1.71. The number of ether oxygens (including phenoxy) is 2. The Balaban J connectivity index is 1.57. The van der Waals surface area contributed by atoms with Crippen molar-refractivity contribution in [2.75, 3.05) is 12.1 Å². The highest BCUT2D eigenvalue weighted by molar-refractivity contribution is 6.15. The van der Waals surface area contributed by atoms with Crippen LogP contribution in [-0.2, 0) is 19.1 Å². The van der Waals surface area contributed by atoms with Gasteiger partial charge in [-0.15, -0.1) is 0 Å². The van der Waals surface area contributed by atoms with Crippen molar-refractivity contribution in [3.8, 4) is 0 Å². The van der Waals surface area contributed by atoms with Crippen molar-refractivity contribution in [1.82, 2.24) is 5.43 Å². The quantitative estimate of drug-likeness (QED) is 0.489. The Kier molecular flexibility index (Phi) is 3.27. The van der Waals surface area contributed by atoms with E-state index in [1.165, 1.54) is 6.07 Å². The van der Waals surface area contributed by atoms with E-state index in [1.807, 2.05) is 0 Å². The number of allylic oxidation sites excluding steroid dienone is 1. The van der Waals surface area contributed by atoms with Gasteiger partial charge in [0.1, 0.15) is 5.41 Å². The van der Waals surface area contributed by atoms with Gasteiger partial charge in [0, 0.05) is 7.05 Å². The van der Waals surface area contributed by atoms with Gasteiger partial charge in [-0.3, -0.25) is 20.0 Å². The summed E-state index contributed by atoms with van der Waals surface area (Å²) in [5.74, 6) is -3.17. The molecule has 0 bridgehead atoms. The number of fused-ring (bicyclic) bond motifs is 2.